The molecule has 0 rings (SSSR count). The number of nitrogens with zero attached hydrogens (tertiary/aromatic N) is 1. The summed E-state index contributed by atoms with van der Waals surface area (Å²) in [6, 6.07) is -0.0659. The molecule has 0 aliphatic rings. The molecule has 0 spiro atoms. The molecule has 0 saturated carbocycles. The van der Waals surface area contributed by atoms with Crippen LogP contribution in [0.5, 0.6) is 0 Å². The minimum Gasteiger partial charge on any atom is -0.383 e. The Labute approximate surface area is 98.9 Å². The third-order valence-corrected chi connectivity index (χ3v) is 4.06. The zero-order chi connectivity index (χ0) is 12.6. The fraction of sp³-hybridized carbons (Fsp3) is 1.00. The Morgan fingerprint density at radius 2 is 2.00 bits per heavy atom. The zero-order valence-electron chi connectivity index (χ0n) is 10.5. The van der Waals surface area contributed by atoms with Crippen LogP contribution in [0.2, 0.25) is 0 Å². The van der Waals surface area contributed by atoms with Crippen LogP contribution in [0.4, 0.5) is 0 Å². The largest absolute Gasteiger partial charge is 0.383 e. The van der Waals surface area contributed by atoms with E-state index in [1.54, 1.807) is 7.11 Å². The lowest BCUT2D eigenvalue weighted by atomic mass is 10.3. The van der Waals surface area contributed by atoms with Crippen molar-refractivity contribution in [3.63, 3.8) is 0 Å². The summed E-state index contributed by atoms with van der Waals surface area (Å²) in [5, 5.41) is 0. The van der Waals surface area contributed by atoms with Crippen LogP contribution in [0.25, 0.3) is 0 Å². The molecule has 98 valence electrons. The molecule has 0 amide bonds. The molecule has 2 N–H and O–H groups in total. The summed E-state index contributed by atoms with van der Waals surface area (Å²) in [5.41, 5.74) is 5.77. The van der Waals surface area contributed by atoms with Crippen molar-refractivity contribution in [3.8, 4) is 0 Å². The van der Waals surface area contributed by atoms with Crippen molar-refractivity contribution in [3.05, 3.63) is 0 Å². The number of hydrogen-bond donors (Lipinski definition) is 1. The van der Waals surface area contributed by atoms with Crippen molar-refractivity contribution >= 4 is 9.84 Å². The second-order valence-electron chi connectivity index (χ2n) is 4.13. The van der Waals surface area contributed by atoms with Crippen LogP contribution in [0.1, 0.15) is 13.3 Å². The number of nitrogens with two attached hydrogens (primary N) is 1. The Morgan fingerprint density at radius 3 is 2.50 bits per heavy atom. The molecule has 0 aromatic carbocycles. The number of likely N-dealkylation sites (N-methyl/N-ethyl adjacent to an activating group) is 1. The van der Waals surface area contributed by atoms with E-state index in [1.165, 1.54) is 0 Å². The van der Waals surface area contributed by atoms with Gasteiger partial charge in [-0.05, 0) is 13.5 Å². The third kappa shape index (κ3) is 8.04. The van der Waals surface area contributed by atoms with Crippen LogP contribution < -0.4 is 5.73 Å². The normalized spacial score (nSPS) is 14.3. The van der Waals surface area contributed by atoms with E-state index in [2.05, 4.69) is 0 Å². The fourth-order valence-electron chi connectivity index (χ4n) is 1.47. The first-order valence-corrected chi connectivity index (χ1v) is 7.37. The standard InChI is InChI=1S/C10H24N2O3S/c1-4-6-16(13,14)7-5-12(2)8-10(11)9-15-3/h10H,4-9,11H2,1-3H3. The molecule has 0 aromatic heterocycles. The van der Waals surface area contributed by atoms with Gasteiger partial charge < -0.3 is 15.4 Å². The molecule has 0 radical (unpaired) electrons. The average Bonchev–Trinajstić information content (AvgIpc) is 2.15. The highest BCUT2D eigenvalue weighted by molar-refractivity contribution is 7.91. The zero-order valence-corrected chi connectivity index (χ0v) is 11.3. The molecule has 1 unspecified atom stereocenters. The fourth-order valence-corrected chi connectivity index (χ4v) is 2.88. The number of sulfone groups is 1. The van der Waals surface area contributed by atoms with Crippen LogP contribution >= 0.6 is 0 Å². The Bertz CT molecular complexity index is 267. The van der Waals surface area contributed by atoms with Gasteiger partial charge in [-0.15, -0.1) is 0 Å². The van der Waals surface area contributed by atoms with Crippen LogP contribution in [0, 0.1) is 0 Å². The first-order chi connectivity index (χ1) is 7.41. The van der Waals surface area contributed by atoms with E-state index >= 15 is 0 Å². The highest BCUT2D eigenvalue weighted by atomic mass is 32.2. The second kappa shape index (κ2) is 8.00. The summed E-state index contributed by atoms with van der Waals surface area (Å²) in [4.78, 5) is 1.93. The summed E-state index contributed by atoms with van der Waals surface area (Å²) in [7, 11) is 0.586. The van der Waals surface area contributed by atoms with Crippen molar-refractivity contribution in [1.29, 1.82) is 0 Å². The average molecular weight is 252 g/mol. The van der Waals surface area contributed by atoms with Gasteiger partial charge in [0.1, 0.15) is 0 Å². The molecule has 0 aliphatic carbocycles. The number of ether oxygens (including phenoxy) is 1. The first kappa shape index (κ1) is 15.8. The van der Waals surface area contributed by atoms with Crippen molar-refractivity contribution in [2.45, 2.75) is 19.4 Å². The Kier molecular flexibility index (Phi) is 7.91. The predicted octanol–water partition coefficient (Wildman–Crippen LogP) is -0.283. The highest BCUT2D eigenvalue weighted by Gasteiger charge is 2.12. The maximum absolute atomic E-state index is 11.5. The van der Waals surface area contributed by atoms with E-state index in [4.69, 9.17) is 10.5 Å². The number of methoxy groups -OCH3 is 1. The highest BCUT2D eigenvalue weighted by Crippen LogP contribution is 1.96. The molecule has 5 nitrogen and oxygen atoms in total. The van der Waals surface area contributed by atoms with Gasteiger partial charge in [0.05, 0.1) is 12.4 Å². The quantitative estimate of drug-likeness (QED) is 0.611. The Hall–Kier alpha value is -0.170. The van der Waals surface area contributed by atoms with Gasteiger partial charge in [-0.25, -0.2) is 8.42 Å². The molecule has 0 fully saturated rings. The summed E-state index contributed by atoms with van der Waals surface area (Å²) >= 11 is 0. The lowest BCUT2D eigenvalue weighted by Gasteiger charge is -2.20. The topological polar surface area (TPSA) is 72.6 Å². The molecule has 16 heavy (non-hydrogen) atoms. The molecular formula is C10H24N2O3S. The molecule has 0 heterocycles. The molecule has 0 bridgehead atoms. The van der Waals surface area contributed by atoms with E-state index in [0.717, 1.165) is 0 Å². The van der Waals surface area contributed by atoms with E-state index in [1.807, 2.05) is 18.9 Å². The van der Waals surface area contributed by atoms with Crippen molar-refractivity contribution < 1.29 is 13.2 Å². The first-order valence-electron chi connectivity index (χ1n) is 5.54. The molecule has 0 aliphatic heterocycles. The number of hydrogen-bond acceptors (Lipinski definition) is 5. The SMILES string of the molecule is CCCS(=O)(=O)CCN(C)CC(N)COC. The van der Waals surface area contributed by atoms with Crippen molar-refractivity contribution in [2.24, 2.45) is 5.73 Å². The van der Waals surface area contributed by atoms with Crippen LogP contribution in [-0.2, 0) is 14.6 Å². The molecule has 1 atom stereocenters. The molecular weight excluding hydrogens is 228 g/mol. The van der Waals surface area contributed by atoms with Gasteiger partial charge in [0, 0.05) is 32.0 Å². The van der Waals surface area contributed by atoms with Crippen molar-refractivity contribution in [1.82, 2.24) is 4.90 Å². The minimum absolute atomic E-state index is 0.0659. The third-order valence-electron chi connectivity index (χ3n) is 2.23. The number of rotatable bonds is 9. The van der Waals surface area contributed by atoms with Gasteiger partial charge >= 0.3 is 0 Å². The van der Waals surface area contributed by atoms with E-state index in [-0.39, 0.29) is 17.5 Å². The van der Waals surface area contributed by atoms with Crippen molar-refractivity contribution in [2.75, 3.05) is 45.4 Å². The maximum Gasteiger partial charge on any atom is 0.151 e. The minimum atomic E-state index is -2.89. The maximum atomic E-state index is 11.5. The Balaban J connectivity index is 3.84. The monoisotopic (exact) mass is 252 g/mol. The smallest absolute Gasteiger partial charge is 0.151 e. The van der Waals surface area contributed by atoms with Gasteiger partial charge in [-0.1, -0.05) is 6.92 Å². The van der Waals surface area contributed by atoms with E-state index < -0.39 is 9.84 Å². The van der Waals surface area contributed by atoms with Crippen LogP contribution in [0.15, 0.2) is 0 Å². The van der Waals surface area contributed by atoms with E-state index in [0.29, 0.717) is 26.1 Å². The van der Waals surface area contributed by atoms with Gasteiger partial charge in [-0.3, -0.25) is 0 Å². The summed E-state index contributed by atoms with van der Waals surface area (Å²) in [5.74, 6) is 0.474. The summed E-state index contributed by atoms with van der Waals surface area (Å²) in [6.45, 7) is 3.54. The molecule has 6 heteroatoms. The predicted molar refractivity (Wildman–Crippen MR) is 66.3 cm³/mol. The van der Waals surface area contributed by atoms with Gasteiger partial charge in [0.15, 0.2) is 9.84 Å². The summed E-state index contributed by atoms with van der Waals surface area (Å²) in [6.07, 6.45) is 0.676. The molecule has 0 aromatic rings. The van der Waals surface area contributed by atoms with Crippen LogP contribution in [-0.4, -0.2) is 64.7 Å². The molecule has 0 saturated heterocycles. The Morgan fingerprint density at radius 1 is 1.38 bits per heavy atom. The second-order valence-corrected chi connectivity index (χ2v) is 6.43. The van der Waals surface area contributed by atoms with Gasteiger partial charge in [0.25, 0.3) is 0 Å². The lowest BCUT2D eigenvalue weighted by molar-refractivity contribution is 0.163. The summed E-state index contributed by atoms with van der Waals surface area (Å²) < 4.78 is 27.8. The van der Waals surface area contributed by atoms with Gasteiger partial charge in [0.2, 0.25) is 0 Å². The van der Waals surface area contributed by atoms with Gasteiger partial charge in [-0.2, -0.15) is 0 Å². The van der Waals surface area contributed by atoms with E-state index in [9.17, 15) is 8.42 Å². The van der Waals surface area contributed by atoms with Crippen LogP contribution in [0.3, 0.4) is 0 Å². The lowest BCUT2D eigenvalue weighted by Crippen LogP contribution is -2.40.